The number of hydrogen-bond donors (Lipinski definition) is 1. The Bertz CT molecular complexity index is 1000. The summed E-state index contributed by atoms with van der Waals surface area (Å²) in [6.45, 7) is 1.18. The number of nitrogens with zero attached hydrogens (tertiary/aromatic N) is 2. The van der Waals surface area contributed by atoms with Crippen molar-refractivity contribution < 1.29 is 14.1 Å². The topological polar surface area (TPSA) is 94.2 Å². The quantitative estimate of drug-likeness (QED) is 0.696. The summed E-state index contributed by atoms with van der Waals surface area (Å²) in [4.78, 5) is 35.5. The Morgan fingerprint density at radius 1 is 1.12 bits per heavy atom. The van der Waals surface area contributed by atoms with Gasteiger partial charge in [0.05, 0.1) is 6.54 Å². The molecule has 0 aliphatic heterocycles. The van der Waals surface area contributed by atoms with Gasteiger partial charge in [0.2, 0.25) is 5.91 Å². The first-order valence-corrected chi connectivity index (χ1v) is 8.05. The van der Waals surface area contributed by atoms with Gasteiger partial charge < -0.3 is 5.32 Å². The molecule has 26 heavy (non-hydrogen) atoms. The summed E-state index contributed by atoms with van der Waals surface area (Å²) < 4.78 is 5.86. The second-order valence-corrected chi connectivity index (χ2v) is 5.98. The molecule has 1 heterocycles. The molecule has 0 unspecified atom stereocenters. The molecule has 0 spiro atoms. The van der Waals surface area contributed by atoms with Gasteiger partial charge in [-0.15, -0.1) is 0 Å². The van der Waals surface area contributed by atoms with Crippen LogP contribution in [0.4, 0.5) is 5.69 Å². The monoisotopic (exact) mass is 371 g/mol. The average Bonchev–Trinajstić information content (AvgIpc) is 2.96. The van der Waals surface area contributed by atoms with Crippen LogP contribution < -0.4 is 11.1 Å². The van der Waals surface area contributed by atoms with E-state index < -0.39 is 5.76 Å². The van der Waals surface area contributed by atoms with Crippen molar-refractivity contribution in [3.63, 3.8) is 0 Å². The summed E-state index contributed by atoms with van der Waals surface area (Å²) >= 11 is 5.86. The number of ketones is 1. The standard InChI is InChI=1S/C18H14ClN3O4/c1-11(23)20-15-8-4-12(5-9-15)16(24)10-22-17(21-26-18(22)25)13-2-6-14(19)7-3-13/h2-9H,10H2,1H3,(H,20,23). The smallest absolute Gasteiger partial charge is 0.326 e. The van der Waals surface area contributed by atoms with Gasteiger partial charge in [0.25, 0.3) is 0 Å². The lowest BCUT2D eigenvalue weighted by molar-refractivity contribution is -0.114. The minimum absolute atomic E-state index is 0.201. The number of nitrogens with one attached hydrogen (secondary N) is 1. The molecule has 0 bridgehead atoms. The van der Waals surface area contributed by atoms with Crippen LogP contribution in [0.2, 0.25) is 5.02 Å². The number of carbonyl (C=O) groups excluding carboxylic acids is 2. The van der Waals surface area contributed by atoms with Crippen LogP contribution in [-0.4, -0.2) is 21.4 Å². The van der Waals surface area contributed by atoms with Crippen molar-refractivity contribution in [3.8, 4) is 11.4 Å². The molecule has 1 aromatic heterocycles. The average molecular weight is 372 g/mol. The van der Waals surface area contributed by atoms with Gasteiger partial charge in [0.1, 0.15) is 0 Å². The number of hydrogen-bond acceptors (Lipinski definition) is 5. The van der Waals surface area contributed by atoms with E-state index in [1.54, 1.807) is 48.5 Å². The van der Waals surface area contributed by atoms with E-state index in [-0.39, 0.29) is 24.1 Å². The molecule has 0 saturated heterocycles. The van der Waals surface area contributed by atoms with Crippen LogP contribution in [-0.2, 0) is 11.3 Å². The number of benzene rings is 2. The van der Waals surface area contributed by atoms with Gasteiger partial charge in [-0.1, -0.05) is 16.8 Å². The lowest BCUT2D eigenvalue weighted by Gasteiger charge is -2.06. The fourth-order valence-corrected chi connectivity index (χ4v) is 2.52. The lowest BCUT2D eigenvalue weighted by Crippen LogP contribution is -2.21. The van der Waals surface area contributed by atoms with Crippen LogP contribution >= 0.6 is 11.6 Å². The third-order valence-electron chi connectivity index (χ3n) is 3.62. The van der Waals surface area contributed by atoms with Gasteiger partial charge >= 0.3 is 5.76 Å². The molecule has 0 radical (unpaired) electrons. The maximum atomic E-state index is 12.5. The Labute approximate surface area is 153 Å². The van der Waals surface area contributed by atoms with Crippen molar-refractivity contribution in [3.05, 3.63) is 69.7 Å². The van der Waals surface area contributed by atoms with E-state index in [2.05, 4.69) is 10.5 Å². The summed E-state index contributed by atoms with van der Waals surface area (Å²) in [7, 11) is 0. The Morgan fingerprint density at radius 3 is 2.38 bits per heavy atom. The first kappa shape index (κ1) is 17.6. The highest BCUT2D eigenvalue weighted by molar-refractivity contribution is 6.30. The number of rotatable bonds is 5. The molecule has 3 rings (SSSR count). The SMILES string of the molecule is CC(=O)Nc1ccc(C(=O)Cn2c(-c3ccc(Cl)cc3)noc2=O)cc1. The fraction of sp³-hybridized carbons (Fsp3) is 0.111. The van der Waals surface area contributed by atoms with Gasteiger partial charge in [-0.05, 0) is 48.5 Å². The molecular weight excluding hydrogens is 358 g/mol. The molecule has 0 atom stereocenters. The molecular formula is C18H14ClN3O4. The molecule has 8 heteroatoms. The van der Waals surface area contributed by atoms with Crippen LogP contribution in [0, 0.1) is 0 Å². The van der Waals surface area contributed by atoms with E-state index in [1.165, 1.54) is 6.92 Å². The molecule has 1 N–H and O–H groups in total. The van der Waals surface area contributed by atoms with Crippen LogP contribution in [0.15, 0.2) is 57.8 Å². The predicted molar refractivity (Wildman–Crippen MR) is 96.3 cm³/mol. The first-order chi connectivity index (χ1) is 12.4. The van der Waals surface area contributed by atoms with Crippen LogP contribution in [0.1, 0.15) is 17.3 Å². The highest BCUT2D eigenvalue weighted by Gasteiger charge is 2.17. The van der Waals surface area contributed by atoms with E-state index >= 15 is 0 Å². The molecule has 2 aromatic carbocycles. The number of halogens is 1. The maximum absolute atomic E-state index is 12.5. The molecule has 0 aliphatic rings. The van der Waals surface area contributed by atoms with Gasteiger partial charge in [-0.25, -0.2) is 9.36 Å². The Morgan fingerprint density at radius 2 is 1.77 bits per heavy atom. The third kappa shape index (κ3) is 3.89. The summed E-state index contributed by atoms with van der Waals surface area (Å²) in [6.07, 6.45) is 0. The van der Waals surface area contributed by atoms with Gasteiger partial charge in [-0.2, -0.15) is 0 Å². The van der Waals surface area contributed by atoms with E-state index in [1.807, 2.05) is 0 Å². The minimum Gasteiger partial charge on any atom is -0.326 e. The zero-order chi connectivity index (χ0) is 18.7. The van der Waals surface area contributed by atoms with E-state index in [0.717, 1.165) is 4.57 Å². The number of anilines is 1. The molecule has 0 aliphatic carbocycles. The van der Waals surface area contributed by atoms with Gasteiger partial charge in [-0.3, -0.25) is 14.1 Å². The molecule has 1 amide bonds. The highest BCUT2D eigenvalue weighted by Crippen LogP contribution is 2.19. The van der Waals surface area contributed by atoms with Crippen molar-refractivity contribution in [2.45, 2.75) is 13.5 Å². The molecule has 0 fully saturated rings. The van der Waals surface area contributed by atoms with Crippen molar-refractivity contribution in [2.24, 2.45) is 0 Å². The van der Waals surface area contributed by atoms with Gasteiger partial charge in [0.15, 0.2) is 11.6 Å². The highest BCUT2D eigenvalue weighted by atomic mass is 35.5. The van der Waals surface area contributed by atoms with Gasteiger partial charge in [0, 0.05) is 28.8 Å². The maximum Gasteiger partial charge on any atom is 0.442 e. The first-order valence-electron chi connectivity index (χ1n) is 7.67. The Kier molecular flexibility index (Phi) is 4.99. The molecule has 0 saturated carbocycles. The van der Waals surface area contributed by atoms with Crippen molar-refractivity contribution in [1.29, 1.82) is 0 Å². The van der Waals surface area contributed by atoms with Crippen molar-refractivity contribution in [1.82, 2.24) is 9.72 Å². The van der Waals surface area contributed by atoms with Crippen molar-refractivity contribution in [2.75, 3.05) is 5.32 Å². The summed E-state index contributed by atoms with van der Waals surface area (Å²) in [5, 5.41) is 6.90. The summed E-state index contributed by atoms with van der Waals surface area (Å²) in [5.74, 6) is -0.972. The molecule has 7 nitrogen and oxygen atoms in total. The largest absolute Gasteiger partial charge is 0.442 e. The summed E-state index contributed by atoms with van der Waals surface area (Å²) in [6, 6.07) is 13.1. The van der Waals surface area contributed by atoms with Crippen molar-refractivity contribution >= 4 is 29.0 Å². The Balaban J connectivity index is 1.84. The second-order valence-electron chi connectivity index (χ2n) is 5.55. The van der Waals surface area contributed by atoms with E-state index in [4.69, 9.17) is 16.1 Å². The molecule has 132 valence electrons. The Hall–Kier alpha value is -3.19. The van der Waals surface area contributed by atoms with E-state index in [0.29, 0.717) is 21.8 Å². The van der Waals surface area contributed by atoms with Crippen LogP contribution in [0.5, 0.6) is 0 Å². The zero-order valence-corrected chi connectivity index (χ0v) is 14.5. The fourth-order valence-electron chi connectivity index (χ4n) is 2.39. The number of aromatic nitrogens is 2. The zero-order valence-electron chi connectivity index (χ0n) is 13.7. The minimum atomic E-state index is -0.724. The predicted octanol–water partition coefficient (Wildman–Crippen LogP) is 3.00. The van der Waals surface area contributed by atoms with Crippen LogP contribution in [0.3, 0.4) is 0 Å². The number of carbonyl (C=O) groups is 2. The van der Waals surface area contributed by atoms with Crippen LogP contribution in [0.25, 0.3) is 11.4 Å². The lowest BCUT2D eigenvalue weighted by atomic mass is 10.1. The third-order valence-corrected chi connectivity index (χ3v) is 3.87. The normalized spacial score (nSPS) is 10.5. The number of Topliss-reactive ketones (excluding diaryl/α,β-unsaturated/α-hetero) is 1. The second kappa shape index (κ2) is 7.37. The molecule has 3 aromatic rings. The number of amides is 1. The van der Waals surface area contributed by atoms with E-state index in [9.17, 15) is 14.4 Å². The summed E-state index contributed by atoms with van der Waals surface area (Å²) in [5.41, 5.74) is 1.58.